The summed E-state index contributed by atoms with van der Waals surface area (Å²) in [6, 6.07) is 8.38. The van der Waals surface area contributed by atoms with Gasteiger partial charge in [-0.3, -0.25) is 4.90 Å². The first-order chi connectivity index (χ1) is 10.2. The Morgan fingerprint density at radius 1 is 1.33 bits per heavy atom. The minimum atomic E-state index is 0.231. The maximum Gasteiger partial charge on any atom is 0.134 e. The summed E-state index contributed by atoms with van der Waals surface area (Å²) in [6.07, 6.45) is 2.98. The average molecular weight is 303 g/mol. The Labute approximate surface area is 129 Å². The lowest BCUT2D eigenvalue weighted by atomic mass is 9.98. The van der Waals surface area contributed by atoms with Crippen molar-refractivity contribution in [3.63, 3.8) is 0 Å². The molecule has 0 radical (unpaired) electrons. The molecule has 3 nitrogen and oxygen atoms in total. The molecular weight excluding hydrogens is 284 g/mol. The number of hydrogen-bond acceptors (Lipinski definition) is 3. The van der Waals surface area contributed by atoms with E-state index in [1.807, 2.05) is 0 Å². The number of benzene rings is 1. The minimum Gasteiger partial charge on any atom is -0.303 e. The largest absolute Gasteiger partial charge is 0.303 e. The van der Waals surface area contributed by atoms with Crippen molar-refractivity contribution in [2.75, 3.05) is 13.1 Å². The van der Waals surface area contributed by atoms with Gasteiger partial charge in [0.1, 0.15) is 11.4 Å². The number of aldehydes is 1. The van der Waals surface area contributed by atoms with Gasteiger partial charge in [0.05, 0.1) is 5.52 Å². The molecule has 2 aromatic rings. The number of piperidine rings is 1. The van der Waals surface area contributed by atoms with E-state index in [4.69, 9.17) is 11.6 Å². The number of pyridine rings is 1. The van der Waals surface area contributed by atoms with Gasteiger partial charge in [0.15, 0.2) is 0 Å². The first-order valence-electron chi connectivity index (χ1n) is 7.39. The van der Waals surface area contributed by atoms with Gasteiger partial charge in [0.25, 0.3) is 0 Å². The number of carbonyl (C=O) groups excluding carboxylic acids is 1. The summed E-state index contributed by atoms with van der Waals surface area (Å²) in [7, 11) is 0. The predicted octanol–water partition coefficient (Wildman–Crippen LogP) is 3.61. The molecule has 0 unspecified atom stereocenters. The van der Waals surface area contributed by atoms with Crippen LogP contribution in [0, 0.1) is 12.8 Å². The summed E-state index contributed by atoms with van der Waals surface area (Å²) in [5.41, 5.74) is 3.20. The summed E-state index contributed by atoms with van der Waals surface area (Å²) >= 11 is 6.34. The van der Waals surface area contributed by atoms with Gasteiger partial charge >= 0.3 is 0 Å². The van der Waals surface area contributed by atoms with Crippen LogP contribution in [0.15, 0.2) is 24.3 Å². The highest BCUT2D eigenvalue weighted by molar-refractivity contribution is 6.30. The van der Waals surface area contributed by atoms with Crippen LogP contribution in [0.5, 0.6) is 0 Å². The van der Waals surface area contributed by atoms with Gasteiger partial charge in [0.2, 0.25) is 0 Å². The zero-order valence-corrected chi connectivity index (χ0v) is 12.9. The van der Waals surface area contributed by atoms with Gasteiger partial charge < -0.3 is 4.79 Å². The van der Waals surface area contributed by atoms with E-state index < -0.39 is 0 Å². The fourth-order valence-corrected chi connectivity index (χ4v) is 3.10. The van der Waals surface area contributed by atoms with Gasteiger partial charge in [-0.25, -0.2) is 4.98 Å². The number of likely N-dealkylation sites (tertiary alicyclic amines) is 1. The summed E-state index contributed by atoms with van der Waals surface area (Å²) < 4.78 is 0. The molecule has 1 aromatic carbocycles. The van der Waals surface area contributed by atoms with Crippen LogP contribution in [0.1, 0.15) is 24.0 Å². The van der Waals surface area contributed by atoms with Gasteiger partial charge in [-0.1, -0.05) is 23.7 Å². The Hall–Kier alpha value is -1.45. The van der Waals surface area contributed by atoms with Crippen LogP contribution in [0.25, 0.3) is 10.9 Å². The van der Waals surface area contributed by atoms with E-state index in [9.17, 15) is 4.79 Å². The fourth-order valence-electron chi connectivity index (χ4n) is 2.90. The topological polar surface area (TPSA) is 33.2 Å². The maximum absolute atomic E-state index is 10.8. The average Bonchev–Trinajstić information content (AvgIpc) is 2.49. The van der Waals surface area contributed by atoms with E-state index >= 15 is 0 Å². The standard InChI is InChI=1S/C17H19ClN2O/c1-12-2-3-14-9-15(17(18)19-16(14)8-12)10-20-6-4-13(11-21)5-7-20/h2-3,8-9,11,13H,4-7,10H2,1H3. The lowest BCUT2D eigenvalue weighted by Crippen LogP contribution is -2.33. The summed E-state index contributed by atoms with van der Waals surface area (Å²) in [5, 5.41) is 1.72. The van der Waals surface area contributed by atoms with Crippen LogP contribution in [0.4, 0.5) is 0 Å². The van der Waals surface area contributed by atoms with Crippen molar-refractivity contribution in [1.29, 1.82) is 0 Å². The lowest BCUT2D eigenvalue weighted by Gasteiger charge is -2.29. The zero-order chi connectivity index (χ0) is 14.8. The number of aryl methyl sites for hydroxylation is 1. The predicted molar refractivity (Wildman–Crippen MR) is 85.6 cm³/mol. The van der Waals surface area contributed by atoms with Crippen LogP contribution < -0.4 is 0 Å². The molecule has 1 aliphatic heterocycles. The summed E-state index contributed by atoms with van der Waals surface area (Å²) in [4.78, 5) is 17.7. The van der Waals surface area contributed by atoms with Crippen molar-refractivity contribution in [3.05, 3.63) is 40.5 Å². The van der Waals surface area contributed by atoms with Crippen LogP contribution in [-0.2, 0) is 11.3 Å². The minimum absolute atomic E-state index is 0.231. The third-order valence-corrected chi connectivity index (χ3v) is 4.55. The molecule has 2 heterocycles. The molecule has 0 aliphatic carbocycles. The second kappa shape index (κ2) is 6.12. The molecular formula is C17H19ClN2O. The van der Waals surface area contributed by atoms with Crippen molar-refractivity contribution in [3.8, 4) is 0 Å². The highest BCUT2D eigenvalue weighted by Crippen LogP contribution is 2.24. The smallest absolute Gasteiger partial charge is 0.134 e. The Balaban J connectivity index is 1.79. The van der Waals surface area contributed by atoms with Gasteiger partial charge in [-0.2, -0.15) is 0 Å². The molecule has 110 valence electrons. The van der Waals surface area contributed by atoms with Crippen molar-refractivity contribution in [2.45, 2.75) is 26.3 Å². The Bertz CT molecular complexity index is 663. The number of nitrogens with zero attached hydrogens (tertiary/aromatic N) is 2. The van der Waals surface area contributed by atoms with E-state index in [0.717, 1.165) is 55.2 Å². The normalized spacial score (nSPS) is 17.2. The van der Waals surface area contributed by atoms with Gasteiger partial charge in [-0.05, 0) is 50.6 Å². The Morgan fingerprint density at radius 2 is 2.10 bits per heavy atom. The molecule has 0 amide bonds. The second-order valence-electron chi connectivity index (χ2n) is 5.88. The van der Waals surface area contributed by atoms with Crippen LogP contribution in [0.2, 0.25) is 5.15 Å². The monoisotopic (exact) mass is 302 g/mol. The Kier molecular flexibility index (Phi) is 4.22. The molecule has 0 atom stereocenters. The third kappa shape index (κ3) is 3.25. The summed E-state index contributed by atoms with van der Waals surface area (Å²) in [5.74, 6) is 0.231. The molecule has 0 saturated carbocycles. The van der Waals surface area contributed by atoms with Crippen molar-refractivity contribution in [2.24, 2.45) is 5.92 Å². The number of halogens is 1. The molecule has 1 saturated heterocycles. The van der Waals surface area contributed by atoms with E-state index in [2.05, 4.69) is 41.1 Å². The third-order valence-electron chi connectivity index (χ3n) is 4.22. The van der Waals surface area contributed by atoms with Crippen LogP contribution >= 0.6 is 11.6 Å². The quantitative estimate of drug-likeness (QED) is 0.641. The molecule has 4 heteroatoms. The highest BCUT2D eigenvalue weighted by Gasteiger charge is 2.19. The molecule has 0 N–H and O–H groups in total. The Morgan fingerprint density at radius 3 is 2.81 bits per heavy atom. The number of rotatable bonds is 3. The maximum atomic E-state index is 10.8. The van der Waals surface area contributed by atoms with Crippen LogP contribution in [0.3, 0.4) is 0 Å². The molecule has 3 rings (SSSR count). The van der Waals surface area contributed by atoms with Gasteiger partial charge in [0, 0.05) is 23.4 Å². The first-order valence-corrected chi connectivity index (χ1v) is 7.77. The molecule has 0 spiro atoms. The summed E-state index contributed by atoms with van der Waals surface area (Å²) in [6.45, 7) is 4.76. The zero-order valence-electron chi connectivity index (χ0n) is 12.2. The van der Waals surface area contributed by atoms with Gasteiger partial charge in [-0.15, -0.1) is 0 Å². The molecule has 1 fully saturated rings. The number of aromatic nitrogens is 1. The molecule has 1 aromatic heterocycles. The number of carbonyl (C=O) groups is 1. The highest BCUT2D eigenvalue weighted by atomic mass is 35.5. The molecule has 1 aliphatic rings. The fraction of sp³-hybridized carbons (Fsp3) is 0.412. The van der Waals surface area contributed by atoms with Crippen molar-refractivity contribution in [1.82, 2.24) is 9.88 Å². The number of fused-ring (bicyclic) bond motifs is 1. The van der Waals surface area contributed by atoms with E-state index in [1.165, 1.54) is 5.56 Å². The first kappa shape index (κ1) is 14.5. The van der Waals surface area contributed by atoms with E-state index in [-0.39, 0.29) is 5.92 Å². The molecule has 0 bridgehead atoms. The van der Waals surface area contributed by atoms with E-state index in [1.54, 1.807) is 0 Å². The SMILES string of the molecule is Cc1ccc2cc(CN3CCC(C=O)CC3)c(Cl)nc2c1. The van der Waals surface area contributed by atoms with Crippen LogP contribution in [-0.4, -0.2) is 29.3 Å². The second-order valence-corrected chi connectivity index (χ2v) is 6.24. The lowest BCUT2D eigenvalue weighted by molar-refractivity contribution is -0.112. The number of hydrogen-bond donors (Lipinski definition) is 0. The van der Waals surface area contributed by atoms with Crippen molar-refractivity contribution >= 4 is 28.8 Å². The van der Waals surface area contributed by atoms with Crippen molar-refractivity contribution < 1.29 is 4.79 Å². The molecule has 21 heavy (non-hydrogen) atoms. The van der Waals surface area contributed by atoms with E-state index in [0.29, 0.717) is 5.15 Å².